The Morgan fingerprint density at radius 2 is 2.33 bits per heavy atom. The first-order valence-corrected chi connectivity index (χ1v) is 4.03. The van der Waals surface area contributed by atoms with Gasteiger partial charge in [0, 0.05) is 0 Å². The highest BCUT2D eigenvalue weighted by Crippen LogP contribution is 2.43. The molecule has 0 aliphatic heterocycles. The summed E-state index contributed by atoms with van der Waals surface area (Å²) < 4.78 is 5.12. The quantitative estimate of drug-likeness (QED) is 0.728. The van der Waals surface area contributed by atoms with E-state index >= 15 is 0 Å². The summed E-state index contributed by atoms with van der Waals surface area (Å²) in [5.74, 6) is -0.162. The smallest absolute Gasteiger partial charge is 0.317 e. The van der Waals surface area contributed by atoms with Crippen molar-refractivity contribution in [1.82, 2.24) is 0 Å². The molecule has 0 aromatic carbocycles. The molecule has 1 aliphatic rings. The second-order valence-corrected chi connectivity index (χ2v) is 3.22. The number of carboxylic acid groups (broad SMARTS) is 1. The summed E-state index contributed by atoms with van der Waals surface area (Å²) in [6, 6.07) is 3.48. The number of carbonyl (C=O) groups is 1. The van der Waals surface area contributed by atoms with Crippen molar-refractivity contribution in [2.24, 2.45) is 0 Å². The maximum atomic E-state index is 10.9. The Labute approximate surface area is 70.0 Å². The van der Waals surface area contributed by atoms with Gasteiger partial charge in [-0.15, -0.1) is 0 Å². The zero-order valence-electron chi connectivity index (χ0n) is 6.62. The van der Waals surface area contributed by atoms with Crippen molar-refractivity contribution < 1.29 is 14.3 Å². The average Bonchev–Trinajstić information content (AvgIpc) is 2.35. The van der Waals surface area contributed by atoms with E-state index in [0.717, 1.165) is 6.42 Å². The monoisotopic (exact) mass is 166 g/mol. The first-order chi connectivity index (χ1) is 5.76. The zero-order chi connectivity index (χ0) is 8.60. The normalized spacial score (nSPS) is 20.0. The molecule has 12 heavy (non-hydrogen) atoms. The van der Waals surface area contributed by atoms with Gasteiger partial charge in [0.25, 0.3) is 0 Å². The fourth-order valence-corrected chi connectivity index (χ4v) is 1.65. The Hall–Kier alpha value is -1.25. The van der Waals surface area contributed by atoms with Crippen LogP contribution in [0.3, 0.4) is 0 Å². The maximum Gasteiger partial charge on any atom is 0.317 e. The van der Waals surface area contributed by atoms with Crippen LogP contribution >= 0.6 is 0 Å². The molecule has 64 valence electrons. The molecule has 1 aromatic heterocycles. The molecular weight excluding hydrogens is 156 g/mol. The van der Waals surface area contributed by atoms with Gasteiger partial charge in [-0.05, 0) is 25.0 Å². The van der Waals surface area contributed by atoms with Crippen LogP contribution in [0.1, 0.15) is 25.0 Å². The van der Waals surface area contributed by atoms with E-state index in [-0.39, 0.29) is 0 Å². The predicted octanol–water partition coefficient (Wildman–Crippen LogP) is 1.79. The third-order valence-electron chi connectivity index (χ3n) is 2.61. The van der Waals surface area contributed by atoms with Gasteiger partial charge in [0.2, 0.25) is 0 Å². The molecule has 1 aliphatic carbocycles. The van der Waals surface area contributed by atoms with E-state index in [9.17, 15) is 4.79 Å². The van der Waals surface area contributed by atoms with Crippen molar-refractivity contribution in [3.05, 3.63) is 24.2 Å². The summed E-state index contributed by atoms with van der Waals surface area (Å²) in [6.07, 6.45) is 3.91. The first-order valence-electron chi connectivity index (χ1n) is 4.03. The number of furan rings is 1. The fourth-order valence-electron chi connectivity index (χ4n) is 1.65. The lowest BCUT2D eigenvalue weighted by Crippen LogP contribution is -2.41. The van der Waals surface area contributed by atoms with Crippen LogP contribution in [0, 0.1) is 0 Å². The molecule has 3 nitrogen and oxygen atoms in total. The minimum Gasteiger partial charge on any atom is -0.480 e. The highest BCUT2D eigenvalue weighted by Gasteiger charge is 2.48. The molecule has 1 aromatic rings. The van der Waals surface area contributed by atoms with Gasteiger partial charge in [0.1, 0.15) is 11.2 Å². The minimum absolute atomic E-state index is 0.598. The van der Waals surface area contributed by atoms with E-state index in [2.05, 4.69) is 0 Å². The van der Waals surface area contributed by atoms with Gasteiger partial charge in [-0.3, -0.25) is 4.79 Å². The molecule has 2 rings (SSSR count). The van der Waals surface area contributed by atoms with E-state index in [1.165, 1.54) is 6.26 Å². The fraction of sp³-hybridized carbons (Fsp3) is 0.444. The molecule has 0 atom stereocenters. The molecule has 1 fully saturated rings. The van der Waals surface area contributed by atoms with Crippen LogP contribution in [-0.4, -0.2) is 11.1 Å². The lowest BCUT2D eigenvalue weighted by molar-refractivity contribution is -0.148. The zero-order valence-corrected chi connectivity index (χ0v) is 6.62. The molecule has 0 saturated heterocycles. The van der Waals surface area contributed by atoms with Crippen molar-refractivity contribution in [1.29, 1.82) is 0 Å². The Balaban J connectivity index is 2.35. The van der Waals surface area contributed by atoms with Gasteiger partial charge in [0.05, 0.1) is 6.26 Å². The largest absolute Gasteiger partial charge is 0.480 e. The van der Waals surface area contributed by atoms with Gasteiger partial charge in [-0.2, -0.15) is 0 Å². The number of aliphatic carboxylic acids is 1. The van der Waals surface area contributed by atoms with Crippen LogP contribution in [0.4, 0.5) is 0 Å². The van der Waals surface area contributed by atoms with Crippen LogP contribution in [0.15, 0.2) is 22.8 Å². The van der Waals surface area contributed by atoms with Crippen LogP contribution < -0.4 is 0 Å². The van der Waals surface area contributed by atoms with Gasteiger partial charge >= 0.3 is 5.97 Å². The van der Waals surface area contributed by atoms with Crippen molar-refractivity contribution in [3.63, 3.8) is 0 Å². The van der Waals surface area contributed by atoms with Gasteiger partial charge in [-0.1, -0.05) is 6.42 Å². The molecule has 1 saturated carbocycles. The second kappa shape index (κ2) is 2.37. The number of hydrogen-bond donors (Lipinski definition) is 1. The molecule has 0 spiro atoms. The van der Waals surface area contributed by atoms with Crippen molar-refractivity contribution in [3.8, 4) is 0 Å². The summed E-state index contributed by atoms with van der Waals surface area (Å²) in [5, 5.41) is 9.00. The van der Waals surface area contributed by atoms with Crippen molar-refractivity contribution in [2.75, 3.05) is 0 Å². The van der Waals surface area contributed by atoms with E-state index in [1.807, 2.05) is 0 Å². The summed E-state index contributed by atoms with van der Waals surface area (Å²) in [5.41, 5.74) is -0.705. The Kier molecular flexibility index (Phi) is 1.46. The van der Waals surface area contributed by atoms with Crippen LogP contribution in [0.2, 0.25) is 0 Å². The highest BCUT2D eigenvalue weighted by molar-refractivity contribution is 5.81. The van der Waals surface area contributed by atoms with Crippen molar-refractivity contribution in [2.45, 2.75) is 24.7 Å². The molecular formula is C9H10O3. The molecule has 1 heterocycles. The third-order valence-corrected chi connectivity index (χ3v) is 2.61. The molecule has 3 heteroatoms. The van der Waals surface area contributed by atoms with Crippen LogP contribution in [0.25, 0.3) is 0 Å². The number of rotatable bonds is 2. The Morgan fingerprint density at radius 1 is 1.58 bits per heavy atom. The summed E-state index contributed by atoms with van der Waals surface area (Å²) in [7, 11) is 0. The minimum atomic E-state index is -0.760. The van der Waals surface area contributed by atoms with E-state index in [4.69, 9.17) is 9.52 Å². The predicted molar refractivity (Wildman–Crippen MR) is 41.9 cm³/mol. The van der Waals surface area contributed by atoms with Gasteiger partial charge in [-0.25, -0.2) is 0 Å². The van der Waals surface area contributed by atoms with Gasteiger partial charge < -0.3 is 9.52 Å². The van der Waals surface area contributed by atoms with Crippen LogP contribution in [-0.2, 0) is 10.2 Å². The number of hydrogen-bond acceptors (Lipinski definition) is 2. The highest BCUT2D eigenvalue weighted by atomic mass is 16.4. The molecule has 1 N–H and O–H groups in total. The van der Waals surface area contributed by atoms with E-state index in [0.29, 0.717) is 18.6 Å². The standard InChI is InChI=1S/C9H10O3/c10-8(11)9(4-2-5-9)7-3-1-6-12-7/h1,3,6H,2,4-5H2,(H,10,11). The third kappa shape index (κ3) is 0.793. The molecule has 0 unspecified atom stereocenters. The van der Waals surface area contributed by atoms with Crippen molar-refractivity contribution >= 4 is 5.97 Å². The molecule has 0 amide bonds. The maximum absolute atomic E-state index is 10.9. The lowest BCUT2D eigenvalue weighted by Gasteiger charge is -2.35. The Morgan fingerprint density at radius 3 is 2.67 bits per heavy atom. The Bertz CT molecular complexity index is 283. The number of carboxylic acids is 1. The topological polar surface area (TPSA) is 50.4 Å². The molecule has 0 radical (unpaired) electrons. The van der Waals surface area contributed by atoms with Crippen LogP contribution in [0.5, 0.6) is 0 Å². The summed E-state index contributed by atoms with van der Waals surface area (Å²) in [4.78, 5) is 10.9. The summed E-state index contributed by atoms with van der Waals surface area (Å²) in [6.45, 7) is 0. The van der Waals surface area contributed by atoms with E-state index < -0.39 is 11.4 Å². The first kappa shape index (κ1) is 7.40. The summed E-state index contributed by atoms with van der Waals surface area (Å²) >= 11 is 0. The van der Waals surface area contributed by atoms with E-state index in [1.54, 1.807) is 12.1 Å². The molecule has 0 bridgehead atoms. The lowest BCUT2D eigenvalue weighted by atomic mass is 9.67. The van der Waals surface area contributed by atoms with Gasteiger partial charge in [0.15, 0.2) is 0 Å². The average molecular weight is 166 g/mol. The SMILES string of the molecule is O=C(O)C1(c2ccco2)CCC1. The second-order valence-electron chi connectivity index (χ2n) is 3.22.